The zero-order chi connectivity index (χ0) is 17.3. The van der Waals surface area contributed by atoms with Crippen molar-refractivity contribution in [3.63, 3.8) is 0 Å². The average molecular weight is 361 g/mol. The van der Waals surface area contributed by atoms with E-state index in [9.17, 15) is 4.79 Å². The van der Waals surface area contributed by atoms with E-state index in [0.717, 1.165) is 17.1 Å². The van der Waals surface area contributed by atoms with Gasteiger partial charge in [-0.3, -0.25) is 4.79 Å². The van der Waals surface area contributed by atoms with Crippen LogP contribution in [0.15, 0.2) is 42.5 Å². The van der Waals surface area contributed by atoms with E-state index in [0.29, 0.717) is 11.3 Å². The number of hydrogen-bond donors (Lipinski definition) is 1. The number of amides is 1. The molecule has 1 N–H and O–H groups in total. The van der Waals surface area contributed by atoms with Crippen molar-refractivity contribution in [2.24, 2.45) is 0 Å². The Kier molecular flexibility index (Phi) is 4.55. The highest BCUT2D eigenvalue weighted by molar-refractivity contribution is 6.33. The zero-order valence-electron chi connectivity index (χ0n) is 13.0. The number of pyridine rings is 1. The second-order valence-corrected chi connectivity index (χ2v) is 6.02. The molecule has 0 fully saturated rings. The molecular weight excluding hydrogens is 347 g/mol. The smallest absolute Gasteiger partial charge is 0.255 e. The number of aromatic nitrogens is 3. The van der Waals surface area contributed by atoms with Gasteiger partial charge in [0, 0.05) is 5.56 Å². The number of carbonyl (C=O) groups excluding carboxylic acids is 1. The minimum Gasteiger partial charge on any atom is -0.319 e. The summed E-state index contributed by atoms with van der Waals surface area (Å²) in [4.78, 5) is 16.3. The second kappa shape index (κ2) is 6.63. The quantitative estimate of drug-likeness (QED) is 0.702. The number of hydrogen-bond acceptors (Lipinski definition) is 3. The fourth-order valence-corrected chi connectivity index (χ4v) is 2.89. The Morgan fingerprint density at radius 1 is 1.08 bits per heavy atom. The topological polar surface area (TPSA) is 59.8 Å². The van der Waals surface area contributed by atoms with E-state index < -0.39 is 0 Å². The lowest BCUT2D eigenvalue weighted by Crippen LogP contribution is -2.13. The van der Waals surface area contributed by atoms with E-state index in [1.807, 2.05) is 44.2 Å². The van der Waals surface area contributed by atoms with Gasteiger partial charge in [0.2, 0.25) is 0 Å². The van der Waals surface area contributed by atoms with Crippen LogP contribution in [0.25, 0.3) is 5.69 Å². The molecule has 2 heterocycles. The molecule has 122 valence electrons. The van der Waals surface area contributed by atoms with Crippen LogP contribution in [-0.2, 0) is 0 Å². The third-order valence-electron chi connectivity index (χ3n) is 3.56. The summed E-state index contributed by atoms with van der Waals surface area (Å²) in [5.74, 6) is -0.319. The summed E-state index contributed by atoms with van der Waals surface area (Å²) in [5, 5.41) is 7.71. The molecule has 0 radical (unpaired) electrons. The Morgan fingerprint density at radius 3 is 2.33 bits per heavy atom. The minimum atomic E-state index is -0.319. The van der Waals surface area contributed by atoms with Crippen molar-refractivity contribution in [1.82, 2.24) is 14.8 Å². The van der Waals surface area contributed by atoms with E-state index in [2.05, 4.69) is 15.4 Å². The maximum absolute atomic E-state index is 12.5. The molecule has 0 unspecified atom stereocenters. The molecule has 3 rings (SSSR count). The van der Waals surface area contributed by atoms with Crippen LogP contribution in [0, 0.1) is 13.8 Å². The fraction of sp³-hybridized carbons (Fsp3) is 0.118. The second-order valence-electron chi connectivity index (χ2n) is 5.25. The van der Waals surface area contributed by atoms with Gasteiger partial charge in [0.25, 0.3) is 5.91 Å². The number of carbonyl (C=O) groups is 1. The standard InChI is InChI=1S/C17H14Cl2N4O/c1-10-16(11(2)23(22-10)13-6-4-3-5-7-13)21-17(24)12-8-14(18)20-15(19)9-12/h3-9H,1-2H3,(H,21,24). The van der Waals surface area contributed by atoms with Crippen molar-refractivity contribution in [3.8, 4) is 5.69 Å². The Balaban J connectivity index is 1.93. The van der Waals surface area contributed by atoms with E-state index in [1.165, 1.54) is 12.1 Å². The van der Waals surface area contributed by atoms with Gasteiger partial charge in [-0.1, -0.05) is 41.4 Å². The molecule has 24 heavy (non-hydrogen) atoms. The molecule has 1 amide bonds. The normalized spacial score (nSPS) is 10.7. The molecule has 0 aliphatic heterocycles. The van der Waals surface area contributed by atoms with Gasteiger partial charge >= 0.3 is 0 Å². The number of halogens is 2. The molecule has 0 spiro atoms. The fourth-order valence-electron chi connectivity index (χ4n) is 2.43. The Labute approximate surface area is 149 Å². The largest absolute Gasteiger partial charge is 0.319 e. The third kappa shape index (κ3) is 3.27. The maximum atomic E-state index is 12.5. The molecule has 0 bridgehead atoms. The first-order valence-corrected chi connectivity index (χ1v) is 7.97. The molecular formula is C17H14Cl2N4O. The van der Waals surface area contributed by atoms with Crippen LogP contribution in [0.1, 0.15) is 21.7 Å². The van der Waals surface area contributed by atoms with Crippen molar-refractivity contribution in [3.05, 3.63) is 69.7 Å². The molecule has 0 atom stereocenters. The number of nitrogens with one attached hydrogen (secondary N) is 1. The van der Waals surface area contributed by atoms with Gasteiger partial charge in [-0.05, 0) is 38.1 Å². The highest BCUT2D eigenvalue weighted by atomic mass is 35.5. The van der Waals surface area contributed by atoms with Gasteiger partial charge in [-0.15, -0.1) is 0 Å². The first-order chi connectivity index (χ1) is 11.5. The van der Waals surface area contributed by atoms with Crippen molar-refractivity contribution >= 4 is 34.8 Å². The summed E-state index contributed by atoms with van der Waals surface area (Å²) in [7, 11) is 0. The first-order valence-electron chi connectivity index (χ1n) is 7.22. The summed E-state index contributed by atoms with van der Waals surface area (Å²) in [5.41, 5.74) is 3.47. The summed E-state index contributed by atoms with van der Waals surface area (Å²) < 4.78 is 1.79. The summed E-state index contributed by atoms with van der Waals surface area (Å²) in [6.45, 7) is 3.74. The van der Waals surface area contributed by atoms with Gasteiger partial charge in [-0.2, -0.15) is 5.10 Å². The number of anilines is 1. The maximum Gasteiger partial charge on any atom is 0.255 e. The van der Waals surface area contributed by atoms with Crippen LogP contribution in [0.5, 0.6) is 0 Å². The van der Waals surface area contributed by atoms with Crippen LogP contribution in [0.3, 0.4) is 0 Å². The molecule has 0 saturated heterocycles. The average Bonchev–Trinajstić information content (AvgIpc) is 2.83. The van der Waals surface area contributed by atoms with Crippen LogP contribution in [0.2, 0.25) is 10.3 Å². The molecule has 3 aromatic rings. The van der Waals surface area contributed by atoms with Gasteiger partial charge in [0.15, 0.2) is 0 Å². The van der Waals surface area contributed by atoms with Gasteiger partial charge in [-0.25, -0.2) is 9.67 Å². The van der Waals surface area contributed by atoms with Crippen LogP contribution in [0.4, 0.5) is 5.69 Å². The lowest BCUT2D eigenvalue weighted by Gasteiger charge is -2.07. The highest BCUT2D eigenvalue weighted by Crippen LogP contribution is 2.24. The van der Waals surface area contributed by atoms with E-state index in [4.69, 9.17) is 23.2 Å². The Hall–Kier alpha value is -2.37. The number of benzene rings is 1. The molecule has 5 nitrogen and oxygen atoms in total. The van der Waals surface area contributed by atoms with Crippen molar-refractivity contribution in [2.45, 2.75) is 13.8 Å². The van der Waals surface area contributed by atoms with Crippen molar-refractivity contribution in [2.75, 3.05) is 5.32 Å². The van der Waals surface area contributed by atoms with Crippen LogP contribution >= 0.6 is 23.2 Å². The molecule has 0 saturated carbocycles. The molecule has 0 aliphatic carbocycles. The first kappa shape index (κ1) is 16.5. The predicted octanol–water partition coefficient (Wildman–Crippen LogP) is 4.44. The van der Waals surface area contributed by atoms with Crippen LogP contribution in [-0.4, -0.2) is 20.7 Å². The molecule has 0 aliphatic rings. The molecule has 2 aromatic heterocycles. The summed E-state index contributed by atoms with van der Waals surface area (Å²) in [6, 6.07) is 12.6. The third-order valence-corrected chi connectivity index (χ3v) is 3.94. The highest BCUT2D eigenvalue weighted by Gasteiger charge is 2.17. The van der Waals surface area contributed by atoms with Gasteiger partial charge in [0.1, 0.15) is 10.3 Å². The monoisotopic (exact) mass is 360 g/mol. The lowest BCUT2D eigenvalue weighted by molar-refractivity contribution is 0.102. The number of rotatable bonds is 3. The van der Waals surface area contributed by atoms with Gasteiger partial charge < -0.3 is 5.32 Å². The summed E-state index contributed by atoms with van der Waals surface area (Å²) >= 11 is 11.7. The van der Waals surface area contributed by atoms with Crippen molar-refractivity contribution < 1.29 is 4.79 Å². The predicted molar refractivity (Wildman–Crippen MR) is 95.2 cm³/mol. The minimum absolute atomic E-state index is 0.168. The van der Waals surface area contributed by atoms with Crippen molar-refractivity contribution in [1.29, 1.82) is 0 Å². The number of nitrogens with zero attached hydrogens (tertiary/aromatic N) is 3. The zero-order valence-corrected chi connectivity index (χ0v) is 14.6. The molecule has 7 heteroatoms. The molecule has 1 aromatic carbocycles. The lowest BCUT2D eigenvalue weighted by atomic mass is 10.2. The summed E-state index contributed by atoms with van der Waals surface area (Å²) in [6.07, 6.45) is 0. The van der Waals surface area contributed by atoms with Gasteiger partial charge in [0.05, 0.1) is 22.8 Å². The Morgan fingerprint density at radius 2 is 1.71 bits per heavy atom. The van der Waals surface area contributed by atoms with E-state index in [-0.39, 0.29) is 16.2 Å². The Bertz CT molecular complexity index is 886. The van der Waals surface area contributed by atoms with Crippen LogP contribution < -0.4 is 5.32 Å². The van der Waals surface area contributed by atoms with E-state index >= 15 is 0 Å². The SMILES string of the molecule is Cc1nn(-c2ccccc2)c(C)c1NC(=O)c1cc(Cl)nc(Cl)c1. The van der Waals surface area contributed by atoms with E-state index in [1.54, 1.807) is 4.68 Å². The number of para-hydroxylation sites is 1. The number of aryl methyl sites for hydroxylation is 1.